The van der Waals surface area contributed by atoms with Gasteiger partial charge < -0.3 is 4.90 Å². The summed E-state index contributed by atoms with van der Waals surface area (Å²) in [6, 6.07) is 84.1. The molecule has 0 unspecified atom stereocenters. The zero-order valence-corrected chi connectivity index (χ0v) is 34.8. The van der Waals surface area contributed by atoms with Crippen molar-refractivity contribution in [3.8, 4) is 73.5 Å². The van der Waals surface area contributed by atoms with Crippen LogP contribution in [-0.4, -0.2) is 24.5 Å². The molecule has 0 bridgehead atoms. The summed E-state index contributed by atoms with van der Waals surface area (Å²) in [7, 11) is 0. The monoisotopic (exact) mass is 820 g/mol. The van der Waals surface area contributed by atoms with Crippen molar-refractivity contribution in [2.24, 2.45) is 0 Å². The third-order valence-electron chi connectivity index (χ3n) is 11.5. The molecule has 2 aromatic heterocycles. The van der Waals surface area contributed by atoms with Crippen LogP contribution in [0.1, 0.15) is 0 Å². The fourth-order valence-electron chi connectivity index (χ4n) is 8.28. The van der Waals surface area contributed by atoms with E-state index in [1.807, 2.05) is 72.8 Å². The Balaban J connectivity index is 0.961. The lowest BCUT2D eigenvalue weighted by molar-refractivity contribution is 1.07. The highest BCUT2D eigenvalue weighted by Crippen LogP contribution is 2.39. The van der Waals surface area contributed by atoms with E-state index < -0.39 is 0 Å². The smallest absolute Gasteiger partial charge is 0.164 e. The van der Waals surface area contributed by atoms with Gasteiger partial charge in [-0.05, 0) is 89.0 Å². The van der Waals surface area contributed by atoms with E-state index in [2.05, 4.69) is 179 Å². The SMILES string of the molecule is c1ccc(-c2ccc(N(c3ccc(-c4cccc(-c5nc(-c6ccccc6)nc(-c6ccccc6)n5)c4)cc3)c3ccc(-n4c(-c5ccccc5)nc5ccccc54)cc3)cc2)cc1. The Morgan fingerprint density at radius 2 is 0.672 bits per heavy atom. The van der Waals surface area contributed by atoms with Gasteiger partial charge in [-0.1, -0.05) is 176 Å². The van der Waals surface area contributed by atoms with Crippen LogP contribution in [0.5, 0.6) is 0 Å². The number of aromatic nitrogens is 5. The minimum absolute atomic E-state index is 0.624. The van der Waals surface area contributed by atoms with Crippen molar-refractivity contribution in [1.82, 2.24) is 24.5 Å². The molecule has 0 aliphatic heterocycles. The standard InChI is InChI=1S/C58H40N6/c1-5-16-41(17-6-1)42-28-32-49(33-29-42)63(51-36-38-52(39-37-51)64-54-27-14-13-26-53(54)59-58(64)46-22-11-4-12-23-46)50-34-30-43(31-35-50)47-24-15-25-48(40-47)57-61-55(44-18-7-2-8-19-44)60-56(62-57)45-20-9-3-10-21-45/h1-40H. The van der Waals surface area contributed by atoms with Crippen LogP contribution < -0.4 is 4.90 Å². The van der Waals surface area contributed by atoms with Gasteiger partial charge >= 0.3 is 0 Å². The van der Waals surface area contributed by atoms with Crippen molar-refractivity contribution in [2.45, 2.75) is 0 Å². The third-order valence-corrected chi connectivity index (χ3v) is 11.5. The molecule has 0 saturated carbocycles. The average Bonchev–Trinajstić information content (AvgIpc) is 3.78. The largest absolute Gasteiger partial charge is 0.311 e. The van der Waals surface area contributed by atoms with Gasteiger partial charge in [-0.3, -0.25) is 4.57 Å². The molecule has 302 valence electrons. The molecule has 6 heteroatoms. The number of benzene rings is 9. The summed E-state index contributed by atoms with van der Waals surface area (Å²) < 4.78 is 2.25. The van der Waals surface area contributed by atoms with Crippen molar-refractivity contribution < 1.29 is 0 Å². The second kappa shape index (κ2) is 17.0. The van der Waals surface area contributed by atoms with Gasteiger partial charge in [0.1, 0.15) is 5.82 Å². The minimum atomic E-state index is 0.624. The van der Waals surface area contributed by atoms with Crippen LogP contribution in [0.2, 0.25) is 0 Å². The quantitative estimate of drug-likeness (QED) is 0.138. The number of hydrogen-bond donors (Lipinski definition) is 0. The van der Waals surface area contributed by atoms with Gasteiger partial charge in [0.05, 0.1) is 11.0 Å². The Morgan fingerprint density at radius 3 is 1.22 bits per heavy atom. The van der Waals surface area contributed by atoms with Gasteiger partial charge in [0, 0.05) is 45.0 Å². The van der Waals surface area contributed by atoms with Gasteiger partial charge in [0.15, 0.2) is 17.5 Å². The van der Waals surface area contributed by atoms with E-state index in [4.69, 9.17) is 19.9 Å². The molecule has 2 heterocycles. The summed E-state index contributed by atoms with van der Waals surface area (Å²) in [6.07, 6.45) is 0. The van der Waals surface area contributed by atoms with Crippen LogP contribution in [0.3, 0.4) is 0 Å². The molecular formula is C58H40N6. The second-order valence-corrected chi connectivity index (χ2v) is 15.6. The summed E-state index contributed by atoms with van der Waals surface area (Å²) in [5.74, 6) is 2.81. The number of rotatable bonds is 10. The number of fused-ring (bicyclic) bond motifs is 1. The van der Waals surface area contributed by atoms with Crippen molar-refractivity contribution in [3.63, 3.8) is 0 Å². The van der Waals surface area contributed by atoms with Crippen LogP contribution in [0.25, 0.3) is 84.5 Å². The maximum Gasteiger partial charge on any atom is 0.164 e. The molecule has 11 rings (SSSR count). The number of anilines is 3. The normalized spacial score (nSPS) is 11.1. The molecule has 11 aromatic rings. The van der Waals surface area contributed by atoms with Crippen LogP contribution in [0.4, 0.5) is 17.1 Å². The summed E-state index contributed by atoms with van der Waals surface area (Å²) in [6.45, 7) is 0. The predicted octanol–water partition coefficient (Wildman–Crippen LogP) is 14.7. The van der Waals surface area contributed by atoms with Crippen LogP contribution in [-0.2, 0) is 0 Å². The van der Waals surface area contributed by atoms with Crippen molar-refractivity contribution in [3.05, 3.63) is 243 Å². The molecule has 0 aliphatic carbocycles. The Morgan fingerprint density at radius 1 is 0.281 bits per heavy atom. The van der Waals surface area contributed by atoms with Crippen LogP contribution >= 0.6 is 0 Å². The Labute approximate surface area is 372 Å². The van der Waals surface area contributed by atoms with Crippen molar-refractivity contribution in [2.75, 3.05) is 4.90 Å². The summed E-state index contributed by atoms with van der Waals surface area (Å²) in [5.41, 5.74) is 14.5. The molecule has 0 atom stereocenters. The van der Waals surface area contributed by atoms with E-state index in [-0.39, 0.29) is 0 Å². The van der Waals surface area contributed by atoms with Gasteiger partial charge in [-0.2, -0.15) is 0 Å². The predicted molar refractivity (Wildman–Crippen MR) is 262 cm³/mol. The van der Waals surface area contributed by atoms with Crippen molar-refractivity contribution >= 4 is 28.1 Å². The average molecular weight is 821 g/mol. The van der Waals surface area contributed by atoms with E-state index in [0.717, 1.165) is 73.0 Å². The highest BCUT2D eigenvalue weighted by molar-refractivity contribution is 5.85. The topological polar surface area (TPSA) is 59.7 Å². The molecule has 0 radical (unpaired) electrons. The molecule has 0 aliphatic rings. The maximum atomic E-state index is 5.08. The summed E-state index contributed by atoms with van der Waals surface area (Å²) in [5, 5.41) is 0. The first kappa shape index (κ1) is 38.2. The van der Waals surface area contributed by atoms with Crippen LogP contribution in [0.15, 0.2) is 243 Å². The Hall–Kier alpha value is -8.74. The van der Waals surface area contributed by atoms with E-state index in [1.165, 1.54) is 11.1 Å². The number of nitrogens with zero attached hydrogens (tertiary/aromatic N) is 6. The molecule has 0 fully saturated rings. The zero-order chi connectivity index (χ0) is 42.7. The molecule has 0 N–H and O–H groups in total. The number of hydrogen-bond acceptors (Lipinski definition) is 5. The molecule has 0 spiro atoms. The molecule has 6 nitrogen and oxygen atoms in total. The minimum Gasteiger partial charge on any atom is -0.311 e. The van der Waals surface area contributed by atoms with Gasteiger partial charge in [-0.25, -0.2) is 19.9 Å². The number of imidazole rings is 1. The Kier molecular flexibility index (Phi) is 10.1. The maximum absolute atomic E-state index is 5.08. The lowest BCUT2D eigenvalue weighted by Gasteiger charge is -2.26. The molecule has 9 aromatic carbocycles. The lowest BCUT2D eigenvalue weighted by Crippen LogP contribution is -2.10. The fraction of sp³-hybridized carbons (Fsp3) is 0. The first-order valence-corrected chi connectivity index (χ1v) is 21.4. The summed E-state index contributed by atoms with van der Waals surface area (Å²) >= 11 is 0. The van der Waals surface area contributed by atoms with Crippen LogP contribution in [0, 0.1) is 0 Å². The number of para-hydroxylation sites is 2. The lowest BCUT2D eigenvalue weighted by atomic mass is 10.0. The highest BCUT2D eigenvalue weighted by atomic mass is 15.1. The third kappa shape index (κ3) is 7.61. The van der Waals surface area contributed by atoms with E-state index >= 15 is 0 Å². The van der Waals surface area contributed by atoms with Gasteiger partial charge in [-0.15, -0.1) is 0 Å². The zero-order valence-electron chi connectivity index (χ0n) is 34.8. The first-order valence-electron chi connectivity index (χ1n) is 21.4. The van der Waals surface area contributed by atoms with E-state index in [9.17, 15) is 0 Å². The molecule has 64 heavy (non-hydrogen) atoms. The molecule has 0 amide bonds. The Bertz CT molecular complexity index is 3280. The highest BCUT2D eigenvalue weighted by Gasteiger charge is 2.18. The second-order valence-electron chi connectivity index (χ2n) is 15.6. The van der Waals surface area contributed by atoms with Gasteiger partial charge in [0.2, 0.25) is 0 Å². The fourth-order valence-corrected chi connectivity index (χ4v) is 8.28. The van der Waals surface area contributed by atoms with Gasteiger partial charge in [0.25, 0.3) is 0 Å². The van der Waals surface area contributed by atoms with E-state index in [1.54, 1.807) is 0 Å². The first-order chi connectivity index (χ1) is 31.7. The van der Waals surface area contributed by atoms with Crippen molar-refractivity contribution in [1.29, 1.82) is 0 Å². The summed E-state index contributed by atoms with van der Waals surface area (Å²) in [4.78, 5) is 22.3. The van der Waals surface area contributed by atoms with E-state index in [0.29, 0.717) is 17.5 Å². The molecular weight excluding hydrogens is 781 g/mol. The molecule has 0 saturated heterocycles.